The normalized spacial score (nSPS) is 16.8. The second-order valence-corrected chi connectivity index (χ2v) is 7.21. The van der Waals surface area contributed by atoms with Gasteiger partial charge in [0, 0.05) is 6.54 Å². The summed E-state index contributed by atoms with van der Waals surface area (Å²) >= 11 is 0. The first-order chi connectivity index (χ1) is 13.2. The van der Waals surface area contributed by atoms with E-state index in [1.165, 1.54) is 36.8 Å². The average molecular weight is 371 g/mol. The molecule has 27 heavy (non-hydrogen) atoms. The fraction of sp³-hybridized carbons (Fsp3) is 0.478. The molecule has 2 aromatic rings. The molecule has 146 valence electrons. The topological polar surface area (TPSA) is 21.7 Å². The lowest BCUT2D eigenvalue weighted by Gasteiger charge is -2.38. The largest absolute Gasteiger partial charge is 0.493 e. The predicted molar refractivity (Wildman–Crippen MR) is 107 cm³/mol. The van der Waals surface area contributed by atoms with Crippen LogP contribution >= 0.6 is 0 Å². The van der Waals surface area contributed by atoms with Crippen molar-refractivity contribution in [1.29, 1.82) is 0 Å². The van der Waals surface area contributed by atoms with E-state index in [2.05, 4.69) is 24.0 Å². The van der Waals surface area contributed by atoms with Gasteiger partial charge in [-0.1, -0.05) is 38.3 Å². The van der Waals surface area contributed by atoms with E-state index in [0.29, 0.717) is 0 Å². The summed E-state index contributed by atoms with van der Waals surface area (Å²) in [6, 6.07) is 11.2. The van der Waals surface area contributed by atoms with Gasteiger partial charge in [-0.2, -0.15) is 0 Å². The number of rotatable bonds is 8. The standard InChI is InChI=1S/C23H30FNO2/c1-4-5-6-7-13-25-14-12-18-15-21(26-2)22(27-3)16-20(18)23(25)17-8-10-19(24)11-9-17/h8-11,15-16,23H,4-7,12-14H2,1-3H3. The molecule has 0 bridgehead atoms. The summed E-state index contributed by atoms with van der Waals surface area (Å²) in [5.41, 5.74) is 3.65. The Kier molecular flexibility index (Phi) is 6.73. The Balaban J connectivity index is 1.97. The minimum atomic E-state index is -0.198. The minimum absolute atomic E-state index is 0.121. The molecule has 2 aromatic carbocycles. The van der Waals surface area contributed by atoms with Gasteiger partial charge in [-0.3, -0.25) is 4.90 Å². The van der Waals surface area contributed by atoms with E-state index in [9.17, 15) is 4.39 Å². The summed E-state index contributed by atoms with van der Waals surface area (Å²) in [4.78, 5) is 2.52. The van der Waals surface area contributed by atoms with Gasteiger partial charge in [-0.25, -0.2) is 4.39 Å². The Bertz CT molecular complexity index is 745. The van der Waals surface area contributed by atoms with Crippen molar-refractivity contribution < 1.29 is 13.9 Å². The monoisotopic (exact) mass is 371 g/mol. The van der Waals surface area contributed by atoms with Crippen LogP contribution < -0.4 is 9.47 Å². The summed E-state index contributed by atoms with van der Waals surface area (Å²) in [7, 11) is 3.34. The molecule has 0 aromatic heterocycles. The van der Waals surface area contributed by atoms with Gasteiger partial charge >= 0.3 is 0 Å². The molecule has 0 N–H and O–H groups in total. The van der Waals surface area contributed by atoms with Gasteiger partial charge in [0.1, 0.15) is 5.82 Å². The van der Waals surface area contributed by atoms with Crippen molar-refractivity contribution >= 4 is 0 Å². The first-order valence-electron chi connectivity index (χ1n) is 9.92. The van der Waals surface area contributed by atoms with Gasteiger partial charge in [0.25, 0.3) is 0 Å². The van der Waals surface area contributed by atoms with Crippen LogP contribution in [-0.4, -0.2) is 32.2 Å². The summed E-state index contributed by atoms with van der Waals surface area (Å²) in [5, 5.41) is 0. The number of hydrogen-bond acceptors (Lipinski definition) is 3. The molecule has 1 unspecified atom stereocenters. The fourth-order valence-electron chi connectivity index (χ4n) is 4.02. The van der Waals surface area contributed by atoms with Gasteiger partial charge in [0.05, 0.1) is 20.3 Å². The van der Waals surface area contributed by atoms with Gasteiger partial charge in [-0.15, -0.1) is 0 Å². The molecule has 0 saturated heterocycles. The molecule has 1 aliphatic heterocycles. The van der Waals surface area contributed by atoms with Crippen LogP contribution in [0, 0.1) is 5.82 Å². The van der Waals surface area contributed by atoms with Crippen LogP contribution in [0.25, 0.3) is 0 Å². The van der Waals surface area contributed by atoms with Crippen molar-refractivity contribution in [3.8, 4) is 11.5 Å². The van der Waals surface area contributed by atoms with E-state index in [4.69, 9.17) is 9.47 Å². The number of nitrogens with zero attached hydrogens (tertiary/aromatic N) is 1. The molecule has 0 aliphatic carbocycles. The highest BCUT2D eigenvalue weighted by molar-refractivity contribution is 5.51. The first-order valence-corrected chi connectivity index (χ1v) is 9.92. The smallest absolute Gasteiger partial charge is 0.161 e. The number of halogens is 1. The van der Waals surface area contributed by atoms with E-state index in [-0.39, 0.29) is 11.9 Å². The molecule has 3 nitrogen and oxygen atoms in total. The van der Waals surface area contributed by atoms with Crippen LogP contribution in [0.1, 0.15) is 55.3 Å². The van der Waals surface area contributed by atoms with Gasteiger partial charge in [0.2, 0.25) is 0 Å². The van der Waals surface area contributed by atoms with Crippen molar-refractivity contribution in [2.45, 2.75) is 45.1 Å². The van der Waals surface area contributed by atoms with Crippen molar-refractivity contribution in [2.75, 3.05) is 27.3 Å². The maximum atomic E-state index is 13.5. The molecule has 4 heteroatoms. The zero-order valence-corrected chi connectivity index (χ0v) is 16.6. The van der Waals surface area contributed by atoms with Crippen LogP contribution in [-0.2, 0) is 6.42 Å². The summed E-state index contributed by atoms with van der Waals surface area (Å²) < 4.78 is 24.5. The molecular formula is C23H30FNO2. The highest BCUT2D eigenvalue weighted by atomic mass is 19.1. The van der Waals surface area contributed by atoms with Crippen molar-refractivity contribution in [2.24, 2.45) is 0 Å². The molecule has 0 fully saturated rings. The Morgan fingerprint density at radius 3 is 2.37 bits per heavy atom. The predicted octanol–water partition coefficient (Wildman–Crippen LogP) is 5.37. The maximum Gasteiger partial charge on any atom is 0.161 e. The zero-order chi connectivity index (χ0) is 19.2. The maximum absolute atomic E-state index is 13.5. The molecule has 3 rings (SSSR count). The molecular weight excluding hydrogens is 341 g/mol. The second-order valence-electron chi connectivity index (χ2n) is 7.21. The number of hydrogen-bond donors (Lipinski definition) is 0. The lowest BCUT2D eigenvalue weighted by molar-refractivity contribution is 0.207. The van der Waals surface area contributed by atoms with Crippen LogP contribution in [0.3, 0.4) is 0 Å². The molecule has 0 saturated carbocycles. The third-order valence-electron chi connectivity index (χ3n) is 5.46. The molecule has 1 atom stereocenters. The number of fused-ring (bicyclic) bond motifs is 1. The Morgan fingerprint density at radius 1 is 1.00 bits per heavy atom. The zero-order valence-electron chi connectivity index (χ0n) is 16.6. The molecule has 1 aliphatic rings. The third kappa shape index (κ3) is 4.44. The third-order valence-corrected chi connectivity index (χ3v) is 5.46. The van der Waals surface area contributed by atoms with Crippen molar-refractivity contribution in [3.05, 3.63) is 58.9 Å². The number of benzene rings is 2. The summed E-state index contributed by atoms with van der Waals surface area (Å²) in [6.07, 6.45) is 5.94. The lowest BCUT2D eigenvalue weighted by atomic mass is 9.87. The van der Waals surface area contributed by atoms with Gasteiger partial charge < -0.3 is 9.47 Å². The van der Waals surface area contributed by atoms with Crippen molar-refractivity contribution in [1.82, 2.24) is 4.90 Å². The number of methoxy groups -OCH3 is 2. The quantitative estimate of drug-likeness (QED) is 0.582. The molecule has 1 heterocycles. The van der Waals surface area contributed by atoms with E-state index in [1.54, 1.807) is 26.4 Å². The second kappa shape index (κ2) is 9.23. The van der Waals surface area contributed by atoms with E-state index < -0.39 is 0 Å². The van der Waals surface area contributed by atoms with E-state index >= 15 is 0 Å². The van der Waals surface area contributed by atoms with Gasteiger partial charge in [-0.05, 0) is 60.3 Å². The highest BCUT2D eigenvalue weighted by Crippen LogP contribution is 2.41. The number of ether oxygens (including phenoxy) is 2. The molecule has 0 amide bonds. The van der Waals surface area contributed by atoms with Gasteiger partial charge in [0.15, 0.2) is 11.5 Å². The van der Waals surface area contributed by atoms with Crippen LogP contribution in [0.5, 0.6) is 11.5 Å². The van der Waals surface area contributed by atoms with Crippen molar-refractivity contribution in [3.63, 3.8) is 0 Å². The highest BCUT2D eigenvalue weighted by Gasteiger charge is 2.30. The number of unbranched alkanes of at least 4 members (excludes halogenated alkanes) is 3. The van der Waals surface area contributed by atoms with E-state index in [0.717, 1.165) is 36.6 Å². The van der Waals surface area contributed by atoms with Crippen LogP contribution in [0.2, 0.25) is 0 Å². The Labute approximate surface area is 162 Å². The lowest BCUT2D eigenvalue weighted by Crippen LogP contribution is -2.37. The SMILES string of the molecule is CCCCCCN1CCc2cc(OC)c(OC)cc2C1c1ccc(F)cc1. The fourth-order valence-corrected chi connectivity index (χ4v) is 4.02. The Morgan fingerprint density at radius 2 is 1.70 bits per heavy atom. The van der Waals surface area contributed by atoms with Crippen LogP contribution in [0.15, 0.2) is 36.4 Å². The molecule has 0 radical (unpaired) electrons. The first kappa shape index (κ1) is 19.7. The molecule has 0 spiro atoms. The Hall–Kier alpha value is -2.07. The average Bonchev–Trinajstić information content (AvgIpc) is 2.70. The van der Waals surface area contributed by atoms with Crippen LogP contribution in [0.4, 0.5) is 4.39 Å². The summed E-state index contributed by atoms with van der Waals surface area (Å²) in [5.74, 6) is 1.32. The summed E-state index contributed by atoms with van der Waals surface area (Å²) in [6.45, 7) is 4.28. The minimum Gasteiger partial charge on any atom is -0.493 e. The van der Waals surface area contributed by atoms with E-state index in [1.807, 2.05) is 12.1 Å².